The number of amidine groups is 1. The van der Waals surface area contributed by atoms with E-state index in [4.69, 9.17) is 0 Å². The molecular weight excluding hydrogens is 306 g/mol. The van der Waals surface area contributed by atoms with Gasteiger partial charge in [-0.25, -0.2) is 9.79 Å². The summed E-state index contributed by atoms with van der Waals surface area (Å²) in [5.74, 6) is -0.486. The molecule has 2 aliphatic rings. The van der Waals surface area contributed by atoms with Gasteiger partial charge in [-0.1, -0.05) is 13.0 Å². The highest BCUT2D eigenvalue weighted by Gasteiger charge is 2.45. The van der Waals surface area contributed by atoms with Crippen LogP contribution in [-0.4, -0.2) is 52.4 Å². The predicted octanol–water partition coefficient (Wildman–Crippen LogP) is 1.87. The molecule has 1 aromatic rings. The lowest BCUT2D eigenvalue weighted by molar-refractivity contribution is -0.128. The zero-order chi connectivity index (χ0) is 17.3. The molecule has 3 heterocycles. The van der Waals surface area contributed by atoms with Crippen LogP contribution in [0.2, 0.25) is 0 Å². The summed E-state index contributed by atoms with van der Waals surface area (Å²) >= 11 is 0. The van der Waals surface area contributed by atoms with Crippen LogP contribution >= 0.6 is 0 Å². The van der Waals surface area contributed by atoms with Crippen LogP contribution in [0, 0.1) is 5.92 Å². The van der Waals surface area contributed by atoms with Crippen LogP contribution in [0.3, 0.4) is 0 Å². The molecule has 0 radical (unpaired) electrons. The largest absolute Gasteiger partial charge is 0.331 e. The van der Waals surface area contributed by atoms with Gasteiger partial charge < -0.3 is 0 Å². The topological polar surface area (TPSA) is 78.2 Å². The Morgan fingerprint density at radius 2 is 2.04 bits per heavy atom. The molecule has 0 spiro atoms. The Labute approximate surface area is 140 Å². The number of carbonyl (C=O) groups is 2. The van der Waals surface area contributed by atoms with E-state index < -0.39 is 5.92 Å². The number of aromatic nitrogens is 1. The summed E-state index contributed by atoms with van der Waals surface area (Å²) < 4.78 is 0. The molecule has 0 bridgehead atoms. The summed E-state index contributed by atoms with van der Waals surface area (Å²) in [6.45, 7) is 2.43. The number of urea groups is 1. The van der Waals surface area contributed by atoms with Crippen molar-refractivity contribution >= 4 is 23.5 Å². The van der Waals surface area contributed by atoms with Crippen LogP contribution < -0.4 is 0 Å². The van der Waals surface area contributed by atoms with Crippen LogP contribution in [-0.2, 0) is 11.3 Å². The fourth-order valence-corrected chi connectivity index (χ4v) is 2.84. The second kappa shape index (κ2) is 6.35. The Morgan fingerprint density at radius 3 is 2.71 bits per heavy atom. The third-order valence-corrected chi connectivity index (χ3v) is 4.24. The summed E-state index contributed by atoms with van der Waals surface area (Å²) in [6.07, 6.45) is 5.88. The molecule has 0 aliphatic carbocycles. The van der Waals surface area contributed by atoms with E-state index in [2.05, 4.69) is 15.0 Å². The van der Waals surface area contributed by atoms with E-state index in [1.54, 1.807) is 25.6 Å². The van der Waals surface area contributed by atoms with Crippen molar-refractivity contribution < 1.29 is 9.59 Å². The smallest absolute Gasteiger partial charge is 0.284 e. The minimum atomic E-state index is -0.630. The molecule has 1 fully saturated rings. The highest BCUT2D eigenvalue weighted by Crippen LogP contribution is 2.27. The zero-order valence-corrected chi connectivity index (χ0v) is 13.9. The van der Waals surface area contributed by atoms with E-state index in [1.807, 2.05) is 19.1 Å². The van der Waals surface area contributed by atoms with E-state index in [1.165, 1.54) is 11.9 Å². The van der Waals surface area contributed by atoms with Crippen molar-refractivity contribution in [3.63, 3.8) is 0 Å². The maximum Gasteiger partial charge on any atom is 0.331 e. The van der Waals surface area contributed by atoms with Gasteiger partial charge in [0.2, 0.25) is 5.91 Å². The van der Waals surface area contributed by atoms with E-state index in [0.29, 0.717) is 24.5 Å². The minimum Gasteiger partial charge on any atom is -0.284 e. The Kier molecular flexibility index (Phi) is 4.24. The van der Waals surface area contributed by atoms with Crippen molar-refractivity contribution in [3.8, 4) is 0 Å². The molecular formula is C17H19N5O2. The van der Waals surface area contributed by atoms with E-state index >= 15 is 0 Å². The van der Waals surface area contributed by atoms with Gasteiger partial charge >= 0.3 is 6.03 Å². The zero-order valence-electron chi connectivity index (χ0n) is 13.9. The number of amides is 3. The fourth-order valence-electron chi connectivity index (χ4n) is 2.84. The van der Waals surface area contributed by atoms with E-state index in [-0.39, 0.29) is 11.9 Å². The summed E-state index contributed by atoms with van der Waals surface area (Å²) in [4.78, 5) is 40.4. The van der Waals surface area contributed by atoms with Gasteiger partial charge in [0.1, 0.15) is 11.8 Å². The number of pyridine rings is 1. The molecule has 3 rings (SSSR count). The number of imide groups is 1. The number of hydrogen-bond donors (Lipinski definition) is 0. The number of allylic oxidation sites excluding steroid dienone is 1. The summed E-state index contributed by atoms with van der Waals surface area (Å²) in [5, 5.41) is 0. The molecule has 7 heteroatoms. The number of nitrogens with zero attached hydrogens (tertiary/aromatic N) is 5. The molecule has 0 saturated carbocycles. The molecule has 1 saturated heterocycles. The average molecular weight is 325 g/mol. The van der Waals surface area contributed by atoms with Crippen molar-refractivity contribution in [2.24, 2.45) is 15.9 Å². The number of carbonyl (C=O) groups excluding carboxylic acids is 2. The van der Waals surface area contributed by atoms with E-state index in [0.717, 1.165) is 16.0 Å². The second-order valence-corrected chi connectivity index (χ2v) is 5.73. The first-order chi connectivity index (χ1) is 11.5. The van der Waals surface area contributed by atoms with Crippen molar-refractivity contribution in [1.82, 2.24) is 14.8 Å². The van der Waals surface area contributed by atoms with Gasteiger partial charge in [0, 0.05) is 32.7 Å². The van der Waals surface area contributed by atoms with Crippen LogP contribution in [0.4, 0.5) is 4.79 Å². The van der Waals surface area contributed by atoms with Gasteiger partial charge in [-0.15, -0.1) is 0 Å². The number of fused-ring (bicyclic) bond motifs is 1. The highest BCUT2D eigenvalue weighted by atomic mass is 16.2. The molecule has 1 unspecified atom stereocenters. The summed E-state index contributed by atoms with van der Waals surface area (Å²) in [6, 6.07) is 3.41. The molecule has 1 atom stereocenters. The van der Waals surface area contributed by atoms with Gasteiger partial charge in [0.05, 0.1) is 12.3 Å². The van der Waals surface area contributed by atoms with Crippen molar-refractivity contribution in [2.45, 2.75) is 19.9 Å². The Hall–Kier alpha value is -2.83. The normalized spacial score (nSPS) is 22.5. The molecule has 124 valence electrons. The van der Waals surface area contributed by atoms with E-state index in [9.17, 15) is 9.59 Å². The summed E-state index contributed by atoms with van der Waals surface area (Å²) in [5.41, 5.74) is 2.56. The number of hydrogen-bond acceptors (Lipinski definition) is 5. The lowest BCUT2D eigenvalue weighted by atomic mass is 9.89. The Balaban J connectivity index is 2.00. The van der Waals surface area contributed by atoms with Gasteiger partial charge in [0.15, 0.2) is 0 Å². The van der Waals surface area contributed by atoms with Crippen LogP contribution in [0.5, 0.6) is 0 Å². The Bertz CT molecular complexity index is 766. The van der Waals surface area contributed by atoms with Crippen molar-refractivity contribution in [3.05, 3.63) is 41.9 Å². The van der Waals surface area contributed by atoms with Gasteiger partial charge in [-0.3, -0.25) is 24.6 Å². The molecule has 3 amide bonds. The number of aliphatic imine (C=N–C) groups is 2. The van der Waals surface area contributed by atoms with Crippen LogP contribution in [0.1, 0.15) is 18.9 Å². The molecule has 0 N–H and O–H groups in total. The molecule has 2 aliphatic heterocycles. The molecule has 0 aromatic carbocycles. The second-order valence-electron chi connectivity index (χ2n) is 5.73. The van der Waals surface area contributed by atoms with Gasteiger partial charge in [-0.2, -0.15) is 0 Å². The standard InChI is InChI=1S/C17H19N5O2/c1-4-12-10-20-15-13(16(23)22(3)17(24)21(15)2)14(12)19-9-11-6-5-7-18-8-11/h5-8,10,13H,4,9H2,1-3H3. The maximum absolute atomic E-state index is 12.7. The van der Waals surface area contributed by atoms with Crippen LogP contribution in [0.25, 0.3) is 0 Å². The third kappa shape index (κ3) is 2.62. The van der Waals surface area contributed by atoms with Crippen molar-refractivity contribution in [1.29, 1.82) is 0 Å². The first kappa shape index (κ1) is 16.0. The Morgan fingerprint density at radius 1 is 1.25 bits per heavy atom. The lowest BCUT2D eigenvalue weighted by Crippen LogP contribution is -2.59. The lowest BCUT2D eigenvalue weighted by Gasteiger charge is -2.37. The van der Waals surface area contributed by atoms with Gasteiger partial charge in [0.25, 0.3) is 0 Å². The molecule has 24 heavy (non-hydrogen) atoms. The SMILES string of the molecule is CCC1=CN=C2C(C(=O)N(C)C(=O)N2C)C1=NCc1cccnc1. The first-order valence-electron chi connectivity index (χ1n) is 7.80. The highest BCUT2D eigenvalue weighted by molar-refractivity contribution is 6.33. The summed E-state index contributed by atoms with van der Waals surface area (Å²) in [7, 11) is 3.11. The fraction of sp³-hybridized carbons (Fsp3) is 0.353. The van der Waals surface area contributed by atoms with Crippen molar-refractivity contribution in [2.75, 3.05) is 14.1 Å². The monoisotopic (exact) mass is 325 g/mol. The molecule has 1 aromatic heterocycles. The average Bonchev–Trinajstić information content (AvgIpc) is 2.62. The van der Waals surface area contributed by atoms with Gasteiger partial charge in [-0.05, 0) is 23.6 Å². The minimum absolute atomic E-state index is 0.291. The third-order valence-electron chi connectivity index (χ3n) is 4.24. The maximum atomic E-state index is 12.7. The number of rotatable bonds is 3. The molecule has 7 nitrogen and oxygen atoms in total. The quantitative estimate of drug-likeness (QED) is 0.851. The predicted molar refractivity (Wildman–Crippen MR) is 90.6 cm³/mol. The van der Waals surface area contributed by atoms with Crippen LogP contribution in [0.15, 0.2) is 46.3 Å². The first-order valence-corrected chi connectivity index (χ1v) is 7.80.